The van der Waals surface area contributed by atoms with E-state index in [9.17, 15) is 4.39 Å². The molecule has 1 N–H and O–H groups in total. The maximum Gasteiger partial charge on any atom is 0.228 e. The number of hydrogen-bond donors (Lipinski definition) is 1. The normalized spacial score (nSPS) is 12.3. The molecule has 0 aliphatic heterocycles. The number of hydrogen-bond acceptors (Lipinski definition) is 8. The van der Waals surface area contributed by atoms with Crippen molar-refractivity contribution in [1.82, 2.24) is 19.8 Å². The van der Waals surface area contributed by atoms with E-state index in [1.54, 1.807) is 32.6 Å². The average Bonchev–Trinajstić information content (AvgIpc) is 2.99. The van der Waals surface area contributed by atoms with E-state index in [4.69, 9.17) is 19.3 Å². The minimum absolute atomic E-state index is 0.0460. The molecule has 0 radical (unpaired) electrons. The molecule has 0 fully saturated rings. The Hall–Kier alpha value is -2.19. The van der Waals surface area contributed by atoms with Crippen molar-refractivity contribution < 1.29 is 23.7 Å². The van der Waals surface area contributed by atoms with E-state index in [0.29, 0.717) is 34.9 Å². The SMILES string of the molecule is CCCOC[C@@H](C)O.CCCOC[C@@H](C)Oc1nc(C)c(N=CN(C)CC)cc1Br.CCN(C)C=Nc1cc(Br)c(F)nc1C. The van der Waals surface area contributed by atoms with Crippen LogP contribution in [0.3, 0.4) is 0 Å². The maximum absolute atomic E-state index is 13.0. The predicted molar refractivity (Wildman–Crippen MR) is 190 cm³/mol. The van der Waals surface area contributed by atoms with Crippen LogP contribution in [-0.2, 0) is 9.47 Å². The molecular formula is C32H53Br2FN6O4. The van der Waals surface area contributed by atoms with Crippen LogP contribution in [0.15, 0.2) is 31.1 Å². The van der Waals surface area contributed by atoms with Gasteiger partial charge in [0.15, 0.2) is 0 Å². The fourth-order valence-corrected chi connectivity index (χ4v) is 3.64. The molecule has 13 heteroatoms. The molecule has 0 spiro atoms. The van der Waals surface area contributed by atoms with Gasteiger partial charge in [-0.2, -0.15) is 4.39 Å². The Balaban J connectivity index is 0.000000724. The van der Waals surface area contributed by atoms with Gasteiger partial charge in [0, 0.05) is 40.4 Å². The Kier molecular flexibility index (Phi) is 23.8. The fourth-order valence-electron chi connectivity index (χ4n) is 2.94. The molecule has 2 atom stereocenters. The maximum atomic E-state index is 13.0. The lowest BCUT2D eigenvalue weighted by molar-refractivity contribution is 0.0466. The van der Waals surface area contributed by atoms with Gasteiger partial charge in [0.05, 0.1) is 63.7 Å². The number of pyridine rings is 2. The van der Waals surface area contributed by atoms with Crippen LogP contribution < -0.4 is 4.74 Å². The summed E-state index contributed by atoms with van der Waals surface area (Å²) in [4.78, 5) is 20.8. The topological polar surface area (TPSA) is 105 Å². The van der Waals surface area contributed by atoms with Gasteiger partial charge < -0.3 is 29.1 Å². The molecule has 10 nitrogen and oxygen atoms in total. The van der Waals surface area contributed by atoms with Crippen molar-refractivity contribution in [3.63, 3.8) is 0 Å². The first-order valence-corrected chi connectivity index (χ1v) is 16.9. The zero-order chi connectivity index (χ0) is 34.4. The third kappa shape index (κ3) is 19.8. The zero-order valence-corrected chi connectivity index (χ0v) is 31.8. The van der Waals surface area contributed by atoms with E-state index in [0.717, 1.165) is 55.0 Å². The number of aryl methyl sites for hydroxylation is 2. The Morgan fingerprint density at radius 3 is 1.78 bits per heavy atom. The van der Waals surface area contributed by atoms with Gasteiger partial charge in [0.2, 0.25) is 11.8 Å². The zero-order valence-electron chi connectivity index (χ0n) is 28.6. The first-order valence-electron chi connectivity index (χ1n) is 15.3. The first kappa shape index (κ1) is 42.8. The fraction of sp³-hybridized carbons (Fsp3) is 0.625. The Morgan fingerprint density at radius 2 is 1.31 bits per heavy atom. The second kappa shape index (κ2) is 25.0. The largest absolute Gasteiger partial charge is 0.471 e. The molecule has 2 rings (SSSR count). The monoisotopic (exact) mass is 762 g/mol. The predicted octanol–water partition coefficient (Wildman–Crippen LogP) is 7.65. The Labute approximate surface area is 286 Å². The molecule has 256 valence electrons. The van der Waals surface area contributed by atoms with Gasteiger partial charge in [-0.1, -0.05) is 13.8 Å². The van der Waals surface area contributed by atoms with Crippen molar-refractivity contribution in [2.75, 3.05) is 53.6 Å². The molecule has 0 aliphatic carbocycles. The van der Waals surface area contributed by atoms with Crippen LogP contribution in [-0.4, -0.2) is 103 Å². The van der Waals surface area contributed by atoms with Gasteiger partial charge >= 0.3 is 0 Å². The summed E-state index contributed by atoms with van der Waals surface area (Å²) in [5.74, 6) is 0.0724. The van der Waals surface area contributed by atoms with Crippen LogP contribution >= 0.6 is 31.9 Å². The van der Waals surface area contributed by atoms with Crippen LogP contribution in [0.2, 0.25) is 0 Å². The average molecular weight is 765 g/mol. The van der Waals surface area contributed by atoms with Crippen LogP contribution in [0.5, 0.6) is 5.88 Å². The van der Waals surface area contributed by atoms with Crippen LogP contribution in [0.25, 0.3) is 0 Å². The summed E-state index contributed by atoms with van der Waals surface area (Å²) in [7, 11) is 3.90. The molecule has 0 aromatic carbocycles. The number of halogens is 3. The quantitative estimate of drug-likeness (QED) is 0.0805. The van der Waals surface area contributed by atoms with E-state index in [1.165, 1.54) is 0 Å². The highest BCUT2D eigenvalue weighted by Crippen LogP contribution is 2.30. The molecule has 0 amide bonds. The summed E-state index contributed by atoms with van der Waals surface area (Å²) in [5, 5.41) is 8.65. The van der Waals surface area contributed by atoms with Crippen LogP contribution in [0.4, 0.5) is 15.8 Å². The highest BCUT2D eigenvalue weighted by atomic mass is 79.9. The standard InChI is InChI=1S/C16H26BrN3O2.C10H13BrFN3.C6H14O2/c1-6-8-21-10-12(3)22-16-14(17)9-15(13(4)19-16)18-11-20(5)7-2;1-4-15(3)6-13-9-5-8(11)10(12)14-7(9)2;1-3-4-8-5-6(2)7/h9,11-12H,6-8,10H2,1-5H3;5-6H,4H2,1-3H3;6-7H,3-5H2,1-2H3/t12-;;6-/m1.1/s1. The molecule has 0 unspecified atom stereocenters. The molecule has 0 saturated heterocycles. The van der Waals surface area contributed by atoms with Crippen molar-refractivity contribution in [3.8, 4) is 5.88 Å². The lowest BCUT2D eigenvalue weighted by atomic mass is 10.3. The van der Waals surface area contributed by atoms with Crippen LogP contribution in [0.1, 0.15) is 65.8 Å². The third-order valence-corrected chi connectivity index (χ3v) is 6.84. The lowest BCUT2D eigenvalue weighted by Crippen LogP contribution is -2.20. The number of aliphatic hydroxyl groups is 1. The Morgan fingerprint density at radius 1 is 0.844 bits per heavy atom. The van der Waals surface area contributed by atoms with Gasteiger partial charge in [-0.3, -0.25) is 0 Å². The van der Waals surface area contributed by atoms with Crippen LogP contribution in [0, 0.1) is 19.8 Å². The molecular weight excluding hydrogens is 711 g/mol. The molecule has 2 heterocycles. The number of aliphatic imine (C=N–C) groups is 2. The number of nitrogens with zero attached hydrogens (tertiary/aromatic N) is 6. The highest BCUT2D eigenvalue weighted by Gasteiger charge is 2.12. The smallest absolute Gasteiger partial charge is 0.228 e. The highest BCUT2D eigenvalue weighted by molar-refractivity contribution is 9.10. The number of aliphatic hydroxyl groups excluding tert-OH is 1. The van der Waals surface area contributed by atoms with E-state index >= 15 is 0 Å². The minimum Gasteiger partial charge on any atom is -0.471 e. The third-order valence-electron chi connectivity index (χ3n) is 5.71. The van der Waals surface area contributed by atoms with Crippen molar-refractivity contribution >= 4 is 55.9 Å². The van der Waals surface area contributed by atoms with Crippen molar-refractivity contribution in [2.45, 2.75) is 80.4 Å². The van der Waals surface area contributed by atoms with E-state index in [2.05, 4.69) is 65.7 Å². The minimum atomic E-state index is -0.504. The van der Waals surface area contributed by atoms with E-state index in [1.807, 2.05) is 57.7 Å². The van der Waals surface area contributed by atoms with Crippen molar-refractivity contribution in [3.05, 3.63) is 38.4 Å². The number of aromatic nitrogens is 2. The van der Waals surface area contributed by atoms with E-state index < -0.39 is 5.95 Å². The van der Waals surface area contributed by atoms with Gasteiger partial charge in [-0.25, -0.2) is 20.0 Å². The summed E-state index contributed by atoms with van der Waals surface area (Å²) in [6, 6.07) is 3.55. The second-order valence-corrected chi connectivity index (χ2v) is 12.0. The molecule has 2 aromatic rings. The summed E-state index contributed by atoms with van der Waals surface area (Å²) in [5.41, 5.74) is 2.91. The lowest BCUT2D eigenvalue weighted by Gasteiger charge is -2.16. The van der Waals surface area contributed by atoms with Crippen molar-refractivity contribution in [2.24, 2.45) is 9.98 Å². The molecule has 0 bridgehead atoms. The Bertz CT molecular complexity index is 1160. The van der Waals surface area contributed by atoms with E-state index in [-0.39, 0.29) is 12.2 Å². The van der Waals surface area contributed by atoms with Crippen molar-refractivity contribution in [1.29, 1.82) is 0 Å². The van der Waals surface area contributed by atoms with Gasteiger partial charge in [-0.15, -0.1) is 0 Å². The first-order chi connectivity index (χ1) is 21.3. The molecule has 0 saturated carbocycles. The summed E-state index contributed by atoms with van der Waals surface area (Å²) < 4.78 is 30.4. The van der Waals surface area contributed by atoms with Gasteiger partial charge in [-0.05, 0) is 98.4 Å². The molecule has 45 heavy (non-hydrogen) atoms. The number of ether oxygens (including phenoxy) is 3. The molecule has 0 aliphatic rings. The summed E-state index contributed by atoms with van der Waals surface area (Å²) >= 11 is 6.58. The number of rotatable bonds is 16. The van der Waals surface area contributed by atoms with Gasteiger partial charge in [0.25, 0.3) is 0 Å². The molecule has 2 aromatic heterocycles. The second-order valence-electron chi connectivity index (χ2n) is 10.3. The summed E-state index contributed by atoms with van der Waals surface area (Å²) in [6.07, 6.45) is 5.17. The summed E-state index contributed by atoms with van der Waals surface area (Å²) in [6.45, 7) is 19.9. The van der Waals surface area contributed by atoms with Gasteiger partial charge in [0.1, 0.15) is 6.10 Å².